The van der Waals surface area contributed by atoms with Crippen LogP contribution in [0.2, 0.25) is 0 Å². The van der Waals surface area contributed by atoms with Crippen LogP contribution in [-0.2, 0) is 10.2 Å². The Bertz CT molecular complexity index is 459. The molecule has 17 heavy (non-hydrogen) atoms. The minimum Gasteiger partial charge on any atom is -0.496 e. The number of carboxylic acids is 1. The Hall–Kier alpha value is -1.51. The van der Waals surface area contributed by atoms with E-state index in [-0.39, 0.29) is 11.8 Å². The van der Waals surface area contributed by atoms with Crippen LogP contribution < -0.4 is 4.74 Å². The van der Waals surface area contributed by atoms with Gasteiger partial charge in [-0.1, -0.05) is 6.07 Å². The molecule has 0 radical (unpaired) electrons. The van der Waals surface area contributed by atoms with Gasteiger partial charge in [0.15, 0.2) is 0 Å². The van der Waals surface area contributed by atoms with Crippen molar-refractivity contribution in [2.45, 2.75) is 38.5 Å². The topological polar surface area (TPSA) is 46.5 Å². The van der Waals surface area contributed by atoms with Gasteiger partial charge in [-0.05, 0) is 49.4 Å². The van der Waals surface area contributed by atoms with Crippen molar-refractivity contribution in [3.05, 3.63) is 28.8 Å². The van der Waals surface area contributed by atoms with Gasteiger partial charge >= 0.3 is 5.97 Å². The number of hydrogen-bond acceptors (Lipinski definition) is 2. The fourth-order valence-electron chi connectivity index (χ4n) is 2.57. The van der Waals surface area contributed by atoms with Gasteiger partial charge in [-0.2, -0.15) is 0 Å². The molecule has 1 aliphatic carbocycles. The minimum absolute atomic E-state index is 0.118. The maximum Gasteiger partial charge on any atom is 0.304 e. The Morgan fingerprint density at radius 2 is 2.00 bits per heavy atom. The second-order valence-corrected chi connectivity index (χ2v) is 4.92. The van der Waals surface area contributed by atoms with Gasteiger partial charge in [0.25, 0.3) is 0 Å². The fourth-order valence-corrected chi connectivity index (χ4v) is 2.57. The van der Waals surface area contributed by atoms with Gasteiger partial charge < -0.3 is 9.84 Å². The number of methoxy groups -OCH3 is 1. The molecule has 0 amide bonds. The summed E-state index contributed by atoms with van der Waals surface area (Å²) in [5.41, 5.74) is 3.34. The molecule has 0 atom stereocenters. The van der Waals surface area contributed by atoms with E-state index < -0.39 is 5.97 Å². The number of benzene rings is 1. The molecule has 0 aromatic heterocycles. The summed E-state index contributed by atoms with van der Waals surface area (Å²) in [6, 6.07) is 3.97. The van der Waals surface area contributed by atoms with Gasteiger partial charge in [0.2, 0.25) is 0 Å². The third kappa shape index (κ3) is 2.02. The normalized spacial score (nSPS) is 16.6. The smallest absolute Gasteiger partial charge is 0.304 e. The minimum atomic E-state index is -0.713. The molecule has 0 saturated heterocycles. The Labute approximate surface area is 101 Å². The number of aliphatic carboxylic acids is 1. The van der Waals surface area contributed by atoms with Crippen molar-refractivity contribution in [3.8, 4) is 5.75 Å². The Morgan fingerprint density at radius 1 is 1.35 bits per heavy atom. The monoisotopic (exact) mass is 234 g/mol. The molecule has 1 fully saturated rings. The van der Waals surface area contributed by atoms with Crippen molar-refractivity contribution >= 4 is 5.97 Å². The summed E-state index contributed by atoms with van der Waals surface area (Å²) in [4.78, 5) is 10.9. The fraction of sp³-hybridized carbons (Fsp3) is 0.500. The quantitative estimate of drug-likeness (QED) is 0.871. The molecule has 0 spiro atoms. The number of carboxylic acid groups (broad SMARTS) is 1. The summed E-state index contributed by atoms with van der Waals surface area (Å²) in [6.45, 7) is 4.07. The highest BCUT2D eigenvalue weighted by atomic mass is 16.5. The summed E-state index contributed by atoms with van der Waals surface area (Å²) < 4.78 is 5.28. The molecule has 92 valence electrons. The SMILES string of the molecule is COc1ccc(C2(CC(=O)O)CC2)c(C)c1C. The van der Waals surface area contributed by atoms with E-state index in [2.05, 4.69) is 6.92 Å². The van der Waals surface area contributed by atoms with Crippen LogP contribution in [-0.4, -0.2) is 18.2 Å². The number of ether oxygens (including phenoxy) is 1. The first kappa shape index (κ1) is 12.0. The molecule has 2 rings (SSSR count). The Kier molecular flexibility index (Phi) is 2.86. The largest absolute Gasteiger partial charge is 0.496 e. The van der Waals surface area contributed by atoms with Crippen molar-refractivity contribution in [1.29, 1.82) is 0 Å². The third-order valence-corrected chi connectivity index (χ3v) is 3.87. The lowest BCUT2D eigenvalue weighted by Crippen LogP contribution is -2.15. The second kappa shape index (κ2) is 4.06. The molecule has 0 bridgehead atoms. The summed E-state index contributed by atoms with van der Waals surface area (Å²) in [5, 5.41) is 8.99. The van der Waals surface area contributed by atoms with Crippen molar-refractivity contribution in [2.75, 3.05) is 7.11 Å². The first-order valence-corrected chi connectivity index (χ1v) is 5.87. The van der Waals surface area contributed by atoms with Crippen molar-refractivity contribution in [1.82, 2.24) is 0 Å². The molecule has 1 aromatic rings. The van der Waals surface area contributed by atoms with Crippen LogP contribution in [0.5, 0.6) is 5.75 Å². The van der Waals surface area contributed by atoms with Crippen molar-refractivity contribution in [2.24, 2.45) is 0 Å². The van der Waals surface area contributed by atoms with E-state index in [0.29, 0.717) is 0 Å². The van der Waals surface area contributed by atoms with E-state index in [1.807, 2.05) is 19.1 Å². The van der Waals surface area contributed by atoms with Crippen LogP contribution in [0.4, 0.5) is 0 Å². The van der Waals surface area contributed by atoms with Gasteiger partial charge in [-0.15, -0.1) is 0 Å². The first-order valence-electron chi connectivity index (χ1n) is 5.87. The molecule has 1 N–H and O–H groups in total. The van der Waals surface area contributed by atoms with Gasteiger partial charge in [-0.25, -0.2) is 0 Å². The maximum atomic E-state index is 10.9. The van der Waals surface area contributed by atoms with E-state index in [1.165, 1.54) is 11.1 Å². The first-order chi connectivity index (χ1) is 8.00. The summed E-state index contributed by atoms with van der Waals surface area (Å²) >= 11 is 0. The average Bonchev–Trinajstić information content (AvgIpc) is 3.01. The number of rotatable bonds is 4. The van der Waals surface area contributed by atoms with Crippen LogP contribution in [0.1, 0.15) is 36.0 Å². The lowest BCUT2D eigenvalue weighted by atomic mass is 9.87. The van der Waals surface area contributed by atoms with Crippen LogP contribution in [0.25, 0.3) is 0 Å². The molecular formula is C14H18O3. The molecule has 0 aliphatic heterocycles. The van der Waals surface area contributed by atoms with Gasteiger partial charge in [0.05, 0.1) is 13.5 Å². The van der Waals surface area contributed by atoms with E-state index in [9.17, 15) is 4.79 Å². The predicted octanol–water partition coefficient (Wildman–Crippen LogP) is 2.82. The average molecular weight is 234 g/mol. The predicted molar refractivity (Wildman–Crippen MR) is 65.6 cm³/mol. The molecule has 0 heterocycles. The van der Waals surface area contributed by atoms with E-state index in [4.69, 9.17) is 9.84 Å². The standard InChI is InChI=1S/C14H18O3/c1-9-10(2)12(17-3)5-4-11(9)14(6-7-14)8-13(15)16/h4-5H,6-8H2,1-3H3,(H,15,16). The summed E-state index contributed by atoms with van der Waals surface area (Å²) in [6.07, 6.45) is 2.19. The van der Waals surface area contributed by atoms with Crippen molar-refractivity contribution in [3.63, 3.8) is 0 Å². The molecule has 3 heteroatoms. The lowest BCUT2D eigenvalue weighted by Gasteiger charge is -2.19. The number of hydrogen-bond donors (Lipinski definition) is 1. The Morgan fingerprint density at radius 3 is 2.47 bits per heavy atom. The van der Waals surface area contributed by atoms with E-state index in [1.54, 1.807) is 7.11 Å². The third-order valence-electron chi connectivity index (χ3n) is 3.87. The highest BCUT2D eigenvalue weighted by Crippen LogP contribution is 2.52. The van der Waals surface area contributed by atoms with Gasteiger partial charge in [0.1, 0.15) is 5.75 Å². The zero-order valence-electron chi connectivity index (χ0n) is 10.5. The second-order valence-electron chi connectivity index (χ2n) is 4.92. The molecule has 1 aromatic carbocycles. The van der Waals surface area contributed by atoms with Crippen LogP contribution >= 0.6 is 0 Å². The molecule has 1 aliphatic rings. The lowest BCUT2D eigenvalue weighted by molar-refractivity contribution is -0.137. The van der Waals surface area contributed by atoms with Crippen LogP contribution in [0, 0.1) is 13.8 Å². The summed E-state index contributed by atoms with van der Waals surface area (Å²) in [5.74, 6) is 0.160. The molecule has 1 saturated carbocycles. The van der Waals surface area contributed by atoms with Crippen LogP contribution in [0.3, 0.4) is 0 Å². The zero-order chi connectivity index (χ0) is 12.6. The van der Waals surface area contributed by atoms with E-state index >= 15 is 0 Å². The zero-order valence-corrected chi connectivity index (χ0v) is 10.5. The Balaban J connectivity index is 2.40. The molecule has 0 unspecified atom stereocenters. The maximum absolute atomic E-state index is 10.9. The van der Waals surface area contributed by atoms with Gasteiger partial charge in [-0.3, -0.25) is 4.79 Å². The van der Waals surface area contributed by atoms with Gasteiger partial charge in [0, 0.05) is 5.41 Å². The summed E-state index contributed by atoms with van der Waals surface area (Å²) in [7, 11) is 1.66. The highest BCUT2D eigenvalue weighted by Gasteiger charge is 2.47. The number of carbonyl (C=O) groups is 1. The van der Waals surface area contributed by atoms with Crippen LogP contribution in [0.15, 0.2) is 12.1 Å². The molecular weight excluding hydrogens is 216 g/mol. The highest BCUT2D eigenvalue weighted by molar-refractivity contribution is 5.70. The van der Waals surface area contributed by atoms with E-state index in [0.717, 1.165) is 24.2 Å². The molecule has 3 nitrogen and oxygen atoms in total. The van der Waals surface area contributed by atoms with Crippen molar-refractivity contribution < 1.29 is 14.6 Å².